The van der Waals surface area contributed by atoms with Crippen LogP contribution in [-0.4, -0.2) is 73.9 Å². The van der Waals surface area contributed by atoms with Gasteiger partial charge in [0.15, 0.2) is 16.6 Å². The number of carbonyl (C=O) groups excluding carboxylic acids is 1. The molecule has 0 aromatic heterocycles. The lowest BCUT2D eigenvalue weighted by Gasteiger charge is -2.45. The third-order valence-corrected chi connectivity index (χ3v) is 33.3. The van der Waals surface area contributed by atoms with Gasteiger partial charge in [0.2, 0.25) is 0 Å². The first-order valence-corrected chi connectivity index (χ1v) is 37.8. The van der Waals surface area contributed by atoms with E-state index in [2.05, 4.69) is 121 Å². The first-order valence-electron chi connectivity index (χ1n) is 30.2. The average molecular weight is 1090 g/mol. The standard InChI is InChI=1S/C36H56O6SSi.C28H50O2Si/c1-24(23-40-33(37)26-14-11-10-12-15-26)29-17-18-30-27(16-13-19-35(29,30)6)20-25(2)36-22-28(36)21-31(32(36)41-43(7,38)39)42-44(8,9)34(3,4)5;1-19(18-29)24-11-12-25-21(10-9-13-27(24,25)6)14-20(2)28-16-22(28)15-23(17-28)30-31(7,8)26(3,4)5/h10-12,14-15,20,24-25,28-32H,13,16-19,21-23H2,1-9H3;14,19-20,22-25,29H,9-13,15-18H2,1-8H3/b27-20+;21-14+/t24-,25-,28?,29-,30+,31+,32?,35-,36-;19-,20-,22?,23+,24-,25+,27-,28-/m11/s1. The van der Waals surface area contributed by atoms with Crippen molar-refractivity contribution in [2.75, 3.05) is 19.5 Å². The molecule has 424 valence electrons. The summed E-state index contributed by atoms with van der Waals surface area (Å²) in [4.78, 5) is 12.6. The third kappa shape index (κ3) is 11.7. The number of esters is 1. The maximum atomic E-state index is 12.6. The molecular weight excluding hydrogens is 985 g/mol. The molecule has 8 saturated carbocycles. The molecule has 0 heterocycles. The van der Waals surface area contributed by atoms with Crippen LogP contribution in [0.2, 0.25) is 36.3 Å². The van der Waals surface area contributed by atoms with E-state index in [0.717, 1.165) is 50.4 Å². The van der Waals surface area contributed by atoms with E-state index in [1.807, 2.05) is 18.2 Å². The van der Waals surface area contributed by atoms with Crippen LogP contribution in [0.1, 0.15) is 190 Å². The molecule has 75 heavy (non-hydrogen) atoms. The lowest BCUT2D eigenvalue weighted by atomic mass is 9.61. The van der Waals surface area contributed by atoms with Gasteiger partial charge < -0.3 is 18.7 Å². The first-order chi connectivity index (χ1) is 34.7. The Kier molecular flexibility index (Phi) is 17.0. The zero-order chi connectivity index (χ0) is 55.1. The topological polar surface area (TPSA) is 108 Å². The number of ether oxygens (including phenoxy) is 1. The van der Waals surface area contributed by atoms with Crippen LogP contribution in [0, 0.1) is 80.8 Å². The minimum absolute atomic E-state index is 0.0404. The van der Waals surface area contributed by atoms with Crippen LogP contribution in [0.15, 0.2) is 53.6 Å². The average Bonchev–Trinajstić information content (AvgIpc) is 3.97. The largest absolute Gasteiger partial charge is 0.462 e. The quantitative estimate of drug-likeness (QED) is 0.0755. The Morgan fingerprint density at radius 2 is 1.27 bits per heavy atom. The number of benzene rings is 1. The van der Waals surface area contributed by atoms with Gasteiger partial charge in [-0.25, -0.2) is 4.79 Å². The molecule has 1 aromatic carbocycles. The van der Waals surface area contributed by atoms with Crippen molar-refractivity contribution in [3.8, 4) is 0 Å². The minimum atomic E-state index is -3.63. The van der Waals surface area contributed by atoms with E-state index in [1.165, 1.54) is 64.0 Å². The predicted octanol–water partition coefficient (Wildman–Crippen LogP) is 16.0. The van der Waals surface area contributed by atoms with Gasteiger partial charge in [0, 0.05) is 18.1 Å². The van der Waals surface area contributed by atoms with Crippen molar-refractivity contribution >= 4 is 32.7 Å². The molecule has 0 saturated heterocycles. The Balaban J connectivity index is 0.000000211. The summed E-state index contributed by atoms with van der Waals surface area (Å²) >= 11 is 0. The van der Waals surface area contributed by atoms with Gasteiger partial charge in [0.25, 0.3) is 10.1 Å². The third-order valence-electron chi connectivity index (χ3n) is 23.7. The van der Waals surface area contributed by atoms with Gasteiger partial charge in [-0.3, -0.25) is 4.18 Å². The van der Waals surface area contributed by atoms with Gasteiger partial charge >= 0.3 is 5.97 Å². The van der Waals surface area contributed by atoms with Crippen LogP contribution in [0.4, 0.5) is 0 Å². The molecule has 1 N–H and O–H groups in total. The summed E-state index contributed by atoms with van der Waals surface area (Å²) in [5.74, 6) is 5.20. The Labute approximate surface area is 459 Å². The van der Waals surface area contributed by atoms with E-state index < -0.39 is 32.9 Å². The number of aliphatic hydroxyl groups is 1. The zero-order valence-corrected chi connectivity index (χ0v) is 53.1. The van der Waals surface area contributed by atoms with Crippen molar-refractivity contribution in [1.82, 2.24) is 0 Å². The predicted molar refractivity (Wildman–Crippen MR) is 312 cm³/mol. The highest BCUT2D eigenvalue weighted by Gasteiger charge is 2.71. The summed E-state index contributed by atoms with van der Waals surface area (Å²) in [6.45, 7) is 38.3. The zero-order valence-electron chi connectivity index (χ0n) is 50.3. The first kappa shape index (κ1) is 59.5. The molecule has 0 aliphatic heterocycles. The number of aliphatic hydroxyl groups excluding tert-OH is 1. The van der Waals surface area contributed by atoms with E-state index in [1.54, 1.807) is 23.3 Å². The lowest BCUT2D eigenvalue weighted by molar-refractivity contribution is 0.0160. The lowest BCUT2D eigenvalue weighted by Crippen LogP contribution is -2.49. The van der Waals surface area contributed by atoms with E-state index in [9.17, 15) is 18.3 Å². The Hall–Kier alpha value is -1.61. The minimum Gasteiger partial charge on any atom is -0.462 e. The number of rotatable bonds is 16. The Morgan fingerprint density at radius 1 is 0.733 bits per heavy atom. The molecule has 9 rings (SSSR count). The van der Waals surface area contributed by atoms with E-state index in [4.69, 9.17) is 17.8 Å². The molecule has 8 aliphatic rings. The SMILES string of the molecule is C[C@H](CO)[C@H]1CC[C@H]2/C(=C/[C@@H](C)[C@]34CC3C[C@H](O[Si](C)(C)C(C)(C)C)C4)CCC[C@]12C.C[C@H](COC(=O)c1ccccc1)[C@H]1CC[C@H]2/C(=C/[C@@H](C)[C@]34CC3C[C@H](O[Si](C)(C)C(C)(C)C)C4OS(C)(=O)=O)CCC[C@]12C. The fraction of sp³-hybridized carbons (Fsp3) is 0.828. The van der Waals surface area contributed by atoms with Crippen LogP contribution >= 0.6 is 0 Å². The second kappa shape index (κ2) is 21.4. The van der Waals surface area contributed by atoms with E-state index >= 15 is 0 Å². The van der Waals surface area contributed by atoms with E-state index in [0.29, 0.717) is 76.3 Å². The van der Waals surface area contributed by atoms with Crippen molar-refractivity contribution in [3.05, 3.63) is 59.2 Å². The summed E-state index contributed by atoms with van der Waals surface area (Å²) in [6, 6.07) is 9.25. The summed E-state index contributed by atoms with van der Waals surface area (Å²) in [5.41, 5.74) is 4.87. The highest BCUT2D eigenvalue weighted by Crippen LogP contribution is 2.72. The fourth-order valence-corrected chi connectivity index (χ4v) is 20.7. The van der Waals surface area contributed by atoms with Crippen molar-refractivity contribution in [2.45, 2.75) is 234 Å². The molecule has 11 heteroatoms. The van der Waals surface area contributed by atoms with Crippen molar-refractivity contribution in [3.63, 3.8) is 0 Å². The normalized spacial score (nSPS) is 39.1. The molecule has 17 atom stereocenters. The fourth-order valence-electron chi connectivity index (χ4n) is 17.3. The van der Waals surface area contributed by atoms with Gasteiger partial charge in [-0.15, -0.1) is 0 Å². The van der Waals surface area contributed by atoms with Gasteiger partial charge in [-0.1, -0.05) is 125 Å². The molecule has 8 aliphatic carbocycles. The monoisotopic (exact) mass is 1090 g/mol. The van der Waals surface area contributed by atoms with Crippen LogP contribution in [0.3, 0.4) is 0 Å². The Morgan fingerprint density at radius 3 is 1.80 bits per heavy atom. The molecule has 8 fully saturated rings. The highest BCUT2D eigenvalue weighted by molar-refractivity contribution is 7.86. The maximum Gasteiger partial charge on any atom is 0.338 e. The van der Waals surface area contributed by atoms with Gasteiger partial charge in [0.05, 0.1) is 24.5 Å². The molecule has 0 spiro atoms. The van der Waals surface area contributed by atoms with Crippen molar-refractivity contribution in [1.29, 1.82) is 0 Å². The second-order valence-electron chi connectivity index (χ2n) is 30.3. The molecule has 1 aromatic rings. The van der Waals surface area contributed by atoms with E-state index in [-0.39, 0.29) is 39.8 Å². The maximum absolute atomic E-state index is 12.6. The second-order valence-corrected chi connectivity index (χ2v) is 41.4. The molecule has 0 amide bonds. The number of hydrogen-bond acceptors (Lipinski definition) is 8. The van der Waals surface area contributed by atoms with Crippen molar-refractivity contribution in [2.24, 2.45) is 80.8 Å². The molecule has 0 radical (unpaired) electrons. The number of hydrogen-bond donors (Lipinski definition) is 1. The number of carbonyl (C=O) groups is 1. The summed E-state index contributed by atoms with van der Waals surface area (Å²) in [5, 5.41) is 10.2. The molecular formula is C64H106O8SSi2. The summed E-state index contributed by atoms with van der Waals surface area (Å²) < 4.78 is 50.6. The summed E-state index contributed by atoms with van der Waals surface area (Å²) in [6.07, 6.45) is 24.7. The molecule has 3 unspecified atom stereocenters. The van der Waals surface area contributed by atoms with Gasteiger partial charge in [-0.05, 0) is 220 Å². The molecule has 0 bridgehead atoms. The van der Waals surface area contributed by atoms with Crippen molar-refractivity contribution < 1.29 is 36.1 Å². The van der Waals surface area contributed by atoms with Crippen LogP contribution in [0.25, 0.3) is 0 Å². The van der Waals surface area contributed by atoms with Crippen LogP contribution in [-0.2, 0) is 27.9 Å². The number of allylic oxidation sites excluding steroid dienone is 4. The highest BCUT2D eigenvalue weighted by atomic mass is 32.2. The van der Waals surface area contributed by atoms with Gasteiger partial charge in [0.1, 0.15) is 6.10 Å². The number of fused-ring (bicyclic) bond motifs is 4. The Bertz CT molecular complexity index is 2370. The van der Waals surface area contributed by atoms with Crippen LogP contribution < -0.4 is 0 Å². The molecule has 8 nitrogen and oxygen atoms in total. The van der Waals surface area contributed by atoms with Crippen LogP contribution in [0.5, 0.6) is 0 Å². The van der Waals surface area contributed by atoms with Gasteiger partial charge in [-0.2, -0.15) is 8.42 Å². The summed E-state index contributed by atoms with van der Waals surface area (Å²) in [7, 11) is -7.42. The smallest absolute Gasteiger partial charge is 0.338 e.